The SMILES string of the molecule is CCCOc1cccc(CNCC(=O)OC)c1. The van der Waals surface area contributed by atoms with E-state index in [0.717, 1.165) is 24.3 Å². The molecule has 94 valence electrons. The summed E-state index contributed by atoms with van der Waals surface area (Å²) in [6, 6.07) is 7.84. The molecule has 0 aliphatic carbocycles. The van der Waals surface area contributed by atoms with E-state index in [1.807, 2.05) is 24.3 Å². The predicted octanol–water partition coefficient (Wildman–Crippen LogP) is 1.74. The molecular weight excluding hydrogens is 218 g/mol. The van der Waals surface area contributed by atoms with Crippen LogP contribution in [0, 0.1) is 0 Å². The van der Waals surface area contributed by atoms with Crippen LogP contribution < -0.4 is 10.1 Å². The van der Waals surface area contributed by atoms with E-state index in [9.17, 15) is 4.79 Å². The molecule has 0 atom stereocenters. The molecule has 0 fully saturated rings. The van der Waals surface area contributed by atoms with Crippen molar-refractivity contribution in [2.45, 2.75) is 19.9 Å². The molecule has 0 aliphatic heterocycles. The molecule has 0 aliphatic rings. The Morgan fingerprint density at radius 3 is 2.94 bits per heavy atom. The summed E-state index contributed by atoms with van der Waals surface area (Å²) in [5.74, 6) is 0.604. The van der Waals surface area contributed by atoms with Crippen LogP contribution in [0.25, 0.3) is 0 Å². The number of carbonyl (C=O) groups is 1. The van der Waals surface area contributed by atoms with Crippen LogP contribution in [0.3, 0.4) is 0 Å². The van der Waals surface area contributed by atoms with Crippen molar-refractivity contribution in [2.75, 3.05) is 20.3 Å². The number of hydrogen-bond acceptors (Lipinski definition) is 4. The van der Waals surface area contributed by atoms with E-state index in [0.29, 0.717) is 6.54 Å². The first kappa shape index (κ1) is 13.5. The Kier molecular flexibility index (Phi) is 6.10. The molecule has 17 heavy (non-hydrogen) atoms. The topological polar surface area (TPSA) is 47.6 Å². The predicted molar refractivity (Wildman–Crippen MR) is 66.0 cm³/mol. The van der Waals surface area contributed by atoms with Crippen LogP contribution in [0.5, 0.6) is 5.75 Å². The van der Waals surface area contributed by atoms with Gasteiger partial charge in [0.25, 0.3) is 0 Å². The summed E-state index contributed by atoms with van der Waals surface area (Å²) in [5.41, 5.74) is 1.09. The third kappa shape index (κ3) is 5.36. The lowest BCUT2D eigenvalue weighted by Gasteiger charge is -2.07. The quantitative estimate of drug-likeness (QED) is 0.734. The van der Waals surface area contributed by atoms with Gasteiger partial charge in [-0.05, 0) is 24.1 Å². The molecule has 0 bridgehead atoms. The van der Waals surface area contributed by atoms with Crippen LogP contribution in [0.2, 0.25) is 0 Å². The Morgan fingerprint density at radius 1 is 1.41 bits per heavy atom. The first-order valence-corrected chi connectivity index (χ1v) is 5.75. The summed E-state index contributed by atoms with van der Waals surface area (Å²) >= 11 is 0. The first-order chi connectivity index (χ1) is 8.26. The van der Waals surface area contributed by atoms with E-state index in [4.69, 9.17) is 4.74 Å². The third-order valence-electron chi connectivity index (χ3n) is 2.20. The van der Waals surface area contributed by atoms with Gasteiger partial charge >= 0.3 is 5.97 Å². The fourth-order valence-corrected chi connectivity index (χ4v) is 1.35. The highest BCUT2D eigenvalue weighted by atomic mass is 16.5. The van der Waals surface area contributed by atoms with E-state index >= 15 is 0 Å². The number of nitrogens with one attached hydrogen (secondary N) is 1. The van der Waals surface area contributed by atoms with E-state index in [2.05, 4.69) is 17.0 Å². The molecule has 0 radical (unpaired) electrons. The normalized spacial score (nSPS) is 10.0. The van der Waals surface area contributed by atoms with Crippen molar-refractivity contribution in [3.05, 3.63) is 29.8 Å². The molecule has 0 amide bonds. The number of methoxy groups -OCH3 is 1. The van der Waals surface area contributed by atoms with Crippen LogP contribution in [-0.4, -0.2) is 26.2 Å². The lowest BCUT2D eigenvalue weighted by Crippen LogP contribution is -2.23. The smallest absolute Gasteiger partial charge is 0.319 e. The van der Waals surface area contributed by atoms with Crippen LogP contribution in [0.1, 0.15) is 18.9 Å². The summed E-state index contributed by atoms with van der Waals surface area (Å²) in [5, 5.41) is 3.01. The minimum absolute atomic E-state index is 0.219. The van der Waals surface area contributed by atoms with Crippen LogP contribution in [-0.2, 0) is 16.1 Å². The minimum Gasteiger partial charge on any atom is -0.494 e. The monoisotopic (exact) mass is 237 g/mol. The van der Waals surface area contributed by atoms with Gasteiger partial charge in [-0.3, -0.25) is 4.79 Å². The van der Waals surface area contributed by atoms with Crippen molar-refractivity contribution in [1.82, 2.24) is 5.32 Å². The fraction of sp³-hybridized carbons (Fsp3) is 0.462. The van der Waals surface area contributed by atoms with Crippen molar-refractivity contribution in [1.29, 1.82) is 0 Å². The maximum atomic E-state index is 10.9. The summed E-state index contributed by atoms with van der Waals surface area (Å²) in [7, 11) is 1.38. The molecule has 1 aromatic carbocycles. The zero-order chi connectivity index (χ0) is 12.5. The Morgan fingerprint density at radius 2 is 2.24 bits per heavy atom. The lowest BCUT2D eigenvalue weighted by atomic mass is 10.2. The summed E-state index contributed by atoms with van der Waals surface area (Å²) in [6.07, 6.45) is 0.991. The summed E-state index contributed by atoms with van der Waals surface area (Å²) in [4.78, 5) is 10.9. The molecule has 0 aromatic heterocycles. The molecular formula is C13H19NO3. The van der Waals surface area contributed by atoms with E-state index in [1.54, 1.807) is 0 Å². The van der Waals surface area contributed by atoms with Gasteiger partial charge in [-0.15, -0.1) is 0 Å². The number of hydrogen-bond donors (Lipinski definition) is 1. The van der Waals surface area contributed by atoms with E-state index < -0.39 is 0 Å². The summed E-state index contributed by atoms with van der Waals surface area (Å²) in [6.45, 7) is 3.63. The van der Waals surface area contributed by atoms with E-state index in [1.165, 1.54) is 7.11 Å². The highest BCUT2D eigenvalue weighted by Crippen LogP contribution is 2.13. The van der Waals surface area contributed by atoms with Gasteiger partial charge < -0.3 is 14.8 Å². The lowest BCUT2D eigenvalue weighted by molar-refractivity contribution is -0.139. The highest BCUT2D eigenvalue weighted by Gasteiger charge is 2.00. The molecule has 1 rings (SSSR count). The Labute approximate surface area is 102 Å². The minimum atomic E-state index is -0.261. The number of ether oxygens (including phenoxy) is 2. The molecule has 4 nitrogen and oxygen atoms in total. The number of rotatable bonds is 7. The second kappa shape index (κ2) is 7.68. The van der Waals surface area contributed by atoms with Crippen LogP contribution >= 0.6 is 0 Å². The van der Waals surface area contributed by atoms with Crippen LogP contribution in [0.15, 0.2) is 24.3 Å². The average Bonchev–Trinajstić information content (AvgIpc) is 2.36. The number of carbonyl (C=O) groups excluding carboxylic acids is 1. The van der Waals surface area contributed by atoms with Gasteiger partial charge in [0.1, 0.15) is 5.75 Å². The fourth-order valence-electron chi connectivity index (χ4n) is 1.35. The molecule has 1 aromatic rings. The number of benzene rings is 1. The van der Waals surface area contributed by atoms with Crippen molar-refractivity contribution in [3.63, 3.8) is 0 Å². The largest absolute Gasteiger partial charge is 0.494 e. The van der Waals surface area contributed by atoms with Gasteiger partial charge in [-0.25, -0.2) is 0 Å². The van der Waals surface area contributed by atoms with Crippen molar-refractivity contribution >= 4 is 5.97 Å². The van der Waals surface area contributed by atoms with Gasteiger partial charge in [-0.2, -0.15) is 0 Å². The van der Waals surface area contributed by atoms with E-state index in [-0.39, 0.29) is 12.5 Å². The maximum Gasteiger partial charge on any atom is 0.319 e. The second-order valence-electron chi connectivity index (χ2n) is 3.68. The number of esters is 1. The van der Waals surface area contributed by atoms with Crippen molar-refractivity contribution < 1.29 is 14.3 Å². The third-order valence-corrected chi connectivity index (χ3v) is 2.20. The molecule has 0 saturated heterocycles. The van der Waals surface area contributed by atoms with Gasteiger partial charge in [0.2, 0.25) is 0 Å². The van der Waals surface area contributed by atoms with Gasteiger partial charge in [0.15, 0.2) is 0 Å². The van der Waals surface area contributed by atoms with Crippen LogP contribution in [0.4, 0.5) is 0 Å². The molecule has 0 unspecified atom stereocenters. The maximum absolute atomic E-state index is 10.9. The summed E-state index contributed by atoms with van der Waals surface area (Å²) < 4.78 is 10.1. The zero-order valence-corrected chi connectivity index (χ0v) is 10.4. The standard InChI is InChI=1S/C13H19NO3/c1-3-7-17-12-6-4-5-11(8-12)9-14-10-13(15)16-2/h4-6,8,14H,3,7,9-10H2,1-2H3. The molecule has 4 heteroatoms. The van der Waals surface area contributed by atoms with Crippen molar-refractivity contribution in [3.8, 4) is 5.75 Å². The van der Waals surface area contributed by atoms with Gasteiger partial charge in [0.05, 0.1) is 20.3 Å². The second-order valence-corrected chi connectivity index (χ2v) is 3.68. The molecule has 0 heterocycles. The van der Waals surface area contributed by atoms with Gasteiger partial charge in [-0.1, -0.05) is 19.1 Å². The molecule has 0 spiro atoms. The zero-order valence-electron chi connectivity index (χ0n) is 10.4. The molecule has 1 N–H and O–H groups in total. The Bertz CT molecular complexity index is 352. The van der Waals surface area contributed by atoms with Crippen molar-refractivity contribution in [2.24, 2.45) is 0 Å². The Balaban J connectivity index is 2.40. The highest BCUT2D eigenvalue weighted by molar-refractivity contribution is 5.71. The first-order valence-electron chi connectivity index (χ1n) is 5.75. The average molecular weight is 237 g/mol. The van der Waals surface area contributed by atoms with Gasteiger partial charge in [0, 0.05) is 6.54 Å². The Hall–Kier alpha value is -1.55. The molecule has 0 saturated carbocycles.